The minimum absolute atomic E-state index is 0.245. The molecule has 0 amide bonds. The molecule has 2 aromatic heterocycles. The third kappa shape index (κ3) is 6.72. The average Bonchev–Trinajstić information content (AvgIpc) is 3.27. The summed E-state index contributed by atoms with van der Waals surface area (Å²) in [5, 5.41) is 26.1. The summed E-state index contributed by atoms with van der Waals surface area (Å²) in [6.07, 6.45) is 1.26. The second-order valence-corrected chi connectivity index (χ2v) is 10.7. The third-order valence-electron chi connectivity index (χ3n) is 6.24. The van der Waals surface area contributed by atoms with E-state index in [-0.39, 0.29) is 6.42 Å². The van der Waals surface area contributed by atoms with Crippen LogP contribution < -0.4 is 10.1 Å². The van der Waals surface area contributed by atoms with Crippen LogP contribution in [0.4, 0.5) is 10.2 Å². The van der Waals surface area contributed by atoms with E-state index in [9.17, 15) is 9.90 Å². The van der Waals surface area contributed by atoms with E-state index in [2.05, 4.69) is 10.3 Å². The van der Waals surface area contributed by atoms with Crippen LogP contribution >= 0.6 is 0 Å². The standard InChI is InChI=1S/C26H25FN4O3.C4H10O/c1-15-18-9-6-10-34-26(18)21(27)11-19(15)25-20(12-24(32)33)16(2)29-23-13-22(30-31(23)25)28-14-17-7-4-3-5-8-17;1-4(2,3)5/h3-5,7-8,11,13H,6,9-10,12,14H2,1-2H3,(H,28,30)(H,32,33);5H,1-3H3. The summed E-state index contributed by atoms with van der Waals surface area (Å²) in [7, 11) is 0. The van der Waals surface area contributed by atoms with Crippen LogP contribution in [0.25, 0.3) is 16.9 Å². The highest BCUT2D eigenvalue weighted by atomic mass is 19.1. The van der Waals surface area contributed by atoms with Gasteiger partial charge >= 0.3 is 5.97 Å². The maximum Gasteiger partial charge on any atom is 0.307 e. The monoisotopic (exact) mass is 534 g/mol. The van der Waals surface area contributed by atoms with Gasteiger partial charge in [0.05, 0.1) is 24.3 Å². The number of hydrogen-bond donors (Lipinski definition) is 3. The molecule has 0 radical (unpaired) electrons. The Morgan fingerprint density at radius 3 is 2.54 bits per heavy atom. The van der Waals surface area contributed by atoms with Crippen molar-refractivity contribution in [1.82, 2.24) is 14.6 Å². The maximum atomic E-state index is 15.1. The smallest absolute Gasteiger partial charge is 0.307 e. The van der Waals surface area contributed by atoms with Gasteiger partial charge in [0.15, 0.2) is 23.0 Å². The molecule has 1 aliphatic heterocycles. The first-order valence-electron chi connectivity index (χ1n) is 13.0. The third-order valence-corrected chi connectivity index (χ3v) is 6.24. The van der Waals surface area contributed by atoms with Crippen LogP contribution in [-0.2, 0) is 24.2 Å². The Morgan fingerprint density at radius 2 is 1.87 bits per heavy atom. The van der Waals surface area contributed by atoms with E-state index >= 15 is 4.39 Å². The highest BCUT2D eigenvalue weighted by Gasteiger charge is 2.26. The van der Waals surface area contributed by atoms with Gasteiger partial charge in [0, 0.05) is 35.0 Å². The number of anilines is 1. The number of nitrogens with one attached hydrogen (secondary N) is 1. The fraction of sp³-hybridized carbons (Fsp3) is 0.367. The van der Waals surface area contributed by atoms with Crippen LogP contribution in [0.3, 0.4) is 0 Å². The van der Waals surface area contributed by atoms with Gasteiger partial charge in [-0.05, 0) is 64.7 Å². The molecule has 8 nitrogen and oxygen atoms in total. The van der Waals surface area contributed by atoms with Crippen molar-refractivity contribution >= 4 is 17.4 Å². The van der Waals surface area contributed by atoms with E-state index in [4.69, 9.17) is 14.9 Å². The van der Waals surface area contributed by atoms with Gasteiger partial charge in [-0.15, -0.1) is 5.10 Å². The Kier molecular flexibility index (Phi) is 8.20. The van der Waals surface area contributed by atoms with E-state index < -0.39 is 17.4 Å². The van der Waals surface area contributed by atoms with E-state index in [0.29, 0.717) is 59.3 Å². The first-order valence-corrected chi connectivity index (χ1v) is 13.0. The first kappa shape index (κ1) is 28.0. The number of aliphatic carboxylic acids is 1. The van der Waals surface area contributed by atoms with Gasteiger partial charge in [-0.25, -0.2) is 13.9 Å². The molecule has 39 heavy (non-hydrogen) atoms. The van der Waals surface area contributed by atoms with Gasteiger partial charge in [-0.3, -0.25) is 4.79 Å². The topological polar surface area (TPSA) is 109 Å². The number of ether oxygens (including phenoxy) is 1. The van der Waals surface area contributed by atoms with Crippen molar-refractivity contribution in [2.45, 2.75) is 66.0 Å². The number of nitrogens with zero attached hydrogens (tertiary/aromatic N) is 3. The zero-order chi connectivity index (χ0) is 28.3. The predicted octanol–water partition coefficient (Wildman–Crippen LogP) is 5.49. The lowest BCUT2D eigenvalue weighted by Crippen LogP contribution is -2.14. The number of rotatable bonds is 6. The fourth-order valence-electron chi connectivity index (χ4n) is 4.57. The molecule has 3 heterocycles. The number of aryl methyl sites for hydroxylation is 1. The zero-order valence-electron chi connectivity index (χ0n) is 23.0. The van der Waals surface area contributed by atoms with Crippen LogP contribution in [0.5, 0.6) is 5.75 Å². The van der Waals surface area contributed by atoms with Crippen molar-refractivity contribution in [1.29, 1.82) is 0 Å². The van der Waals surface area contributed by atoms with Gasteiger partial charge in [0.25, 0.3) is 0 Å². The van der Waals surface area contributed by atoms with Crippen molar-refractivity contribution in [2.75, 3.05) is 11.9 Å². The molecule has 0 aliphatic carbocycles. The number of halogens is 1. The van der Waals surface area contributed by atoms with Crippen molar-refractivity contribution in [2.24, 2.45) is 0 Å². The Morgan fingerprint density at radius 1 is 1.18 bits per heavy atom. The SMILES string of the molecule is CC(C)(C)O.Cc1nc2cc(NCc3ccccc3)nn2c(-c2cc(F)c3c(c2C)CCCO3)c1CC(=O)O. The predicted molar refractivity (Wildman–Crippen MR) is 149 cm³/mol. The van der Waals surface area contributed by atoms with Crippen molar-refractivity contribution < 1.29 is 24.1 Å². The molecule has 4 aromatic rings. The zero-order valence-corrected chi connectivity index (χ0v) is 23.0. The number of carboxylic acid groups (broad SMARTS) is 1. The molecule has 0 spiro atoms. The first-order chi connectivity index (χ1) is 18.4. The number of benzene rings is 2. The van der Waals surface area contributed by atoms with Crippen molar-refractivity contribution in [3.63, 3.8) is 0 Å². The summed E-state index contributed by atoms with van der Waals surface area (Å²) < 4.78 is 22.3. The molecule has 0 unspecified atom stereocenters. The Bertz CT molecular complexity index is 1490. The quantitative estimate of drug-likeness (QED) is 0.300. The number of fused-ring (bicyclic) bond motifs is 2. The van der Waals surface area contributed by atoms with Crippen LogP contribution in [0, 0.1) is 19.7 Å². The van der Waals surface area contributed by atoms with Gasteiger partial charge < -0.3 is 20.3 Å². The molecular weight excluding hydrogens is 499 g/mol. The largest absolute Gasteiger partial charge is 0.490 e. The van der Waals surface area contributed by atoms with E-state index in [1.165, 1.54) is 6.07 Å². The molecule has 5 rings (SSSR count). The molecule has 2 aromatic carbocycles. The number of aliphatic hydroxyl groups is 1. The Hall–Kier alpha value is -3.98. The molecule has 0 atom stereocenters. The van der Waals surface area contributed by atoms with Crippen molar-refractivity contribution in [3.8, 4) is 17.0 Å². The second kappa shape index (κ2) is 11.4. The summed E-state index contributed by atoms with van der Waals surface area (Å²) in [6.45, 7) is 9.99. The normalized spacial score (nSPS) is 12.8. The fourth-order valence-corrected chi connectivity index (χ4v) is 4.57. The van der Waals surface area contributed by atoms with E-state index in [0.717, 1.165) is 23.1 Å². The maximum absolute atomic E-state index is 15.1. The molecule has 0 fully saturated rings. The van der Waals surface area contributed by atoms with Gasteiger partial charge in [-0.2, -0.15) is 0 Å². The van der Waals surface area contributed by atoms with E-state index in [1.54, 1.807) is 32.2 Å². The lowest BCUT2D eigenvalue weighted by molar-refractivity contribution is -0.136. The average molecular weight is 535 g/mol. The van der Waals surface area contributed by atoms with Crippen LogP contribution in [-0.4, -0.2) is 43.0 Å². The van der Waals surface area contributed by atoms with Gasteiger partial charge in [0.1, 0.15) is 0 Å². The van der Waals surface area contributed by atoms with Crippen LogP contribution in [0.1, 0.15) is 55.1 Å². The number of carbonyl (C=O) groups is 1. The number of hydrogen-bond acceptors (Lipinski definition) is 6. The molecule has 0 bridgehead atoms. The minimum atomic E-state index is -0.987. The van der Waals surface area contributed by atoms with Gasteiger partial charge in [-0.1, -0.05) is 30.3 Å². The summed E-state index contributed by atoms with van der Waals surface area (Å²) in [4.78, 5) is 16.3. The Balaban J connectivity index is 0.000000648. The molecule has 3 N–H and O–H groups in total. The lowest BCUT2D eigenvalue weighted by atomic mass is 9.91. The summed E-state index contributed by atoms with van der Waals surface area (Å²) in [5.74, 6) is -0.544. The van der Waals surface area contributed by atoms with Crippen LogP contribution in [0.2, 0.25) is 0 Å². The Labute approximate surface area is 227 Å². The number of carboxylic acids is 1. The lowest BCUT2D eigenvalue weighted by Gasteiger charge is -2.23. The van der Waals surface area contributed by atoms with E-state index in [1.807, 2.05) is 43.3 Å². The van der Waals surface area contributed by atoms with Crippen LogP contribution in [0.15, 0.2) is 42.5 Å². The van der Waals surface area contributed by atoms with Crippen molar-refractivity contribution in [3.05, 3.63) is 76.2 Å². The second-order valence-electron chi connectivity index (χ2n) is 10.7. The molecule has 9 heteroatoms. The summed E-state index contributed by atoms with van der Waals surface area (Å²) in [5.41, 5.74) is 5.08. The molecule has 206 valence electrons. The highest BCUT2D eigenvalue weighted by Crippen LogP contribution is 2.39. The number of aromatic nitrogens is 3. The molecular formula is C30H35FN4O4. The molecule has 0 saturated heterocycles. The van der Waals surface area contributed by atoms with Gasteiger partial charge in [0.2, 0.25) is 0 Å². The molecule has 0 saturated carbocycles. The minimum Gasteiger partial charge on any atom is -0.490 e. The molecule has 1 aliphatic rings. The summed E-state index contributed by atoms with van der Waals surface area (Å²) >= 11 is 0. The highest BCUT2D eigenvalue weighted by molar-refractivity contribution is 5.79. The summed E-state index contributed by atoms with van der Waals surface area (Å²) in [6, 6.07) is 13.2.